The Labute approximate surface area is 242 Å². The average Bonchev–Trinajstić information content (AvgIpc) is 3.03. The van der Waals surface area contributed by atoms with Crippen LogP contribution in [0.5, 0.6) is 0 Å². The maximum absolute atomic E-state index is 7.34. The van der Waals surface area contributed by atoms with Crippen molar-refractivity contribution in [3.05, 3.63) is 163 Å². The molecule has 40 heavy (non-hydrogen) atoms. The first-order valence-corrected chi connectivity index (χ1v) is 20.6. The molecule has 0 atom stereocenters. The van der Waals surface area contributed by atoms with Gasteiger partial charge in [-0.2, -0.15) is 0 Å². The van der Waals surface area contributed by atoms with Crippen molar-refractivity contribution in [1.29, 1.82) is 0 Å². The van der Waals surface area contributed by atoms with Crippen molar-refractivity contribution < 1.29 is 8.54 Å². The Hall–Kier alpha value is -3.59. The van der Waals surface area contributed by atoms with Crippen molar-refractivity contribution in [3.63, 3.8) is 0 Å². The fraction of sp³-hybridized carbons (Fsp3) is 0.0857. The average molecular weight is 573 g/mol. The molecule has 0 aliphatic carbocycles. The lowest BCUT2D eigenvalue weighted by Gasteiger charge is -2.37. The maximum atomic E-state index is 7.34. The highest BCUT2D eigenvalue weighted by Crippen LogP contribution is 2.20. The molecule has 2 nitrogen and oxygen atoms in total. The summed E-state index contributed by atoms with van der Waals surface area (Å²) in [7, 11) is -6.13. The van der Waals surface area contributed by atoms with E-state index >= 15 is 0 Å². The summed E-state index contributed by atoms with van der Waals surface area (Å²) >= 11 is 0. The molecule has 0 heterocycles. The van der Waals surface area contributed by atoms with E-state index in [1.54, 1.807) is 7.11 Å². The van der Waals surface area contributed by atoms with E-state index in [1.165, 1.54) is 15.6 Å². The van der Waals surface area contributed by atoms with Crippen LogP contribution in [0.25, 0.3) is 0 Å². The third-order valence-electron chi connectivity index (χ3n) is 7.42. The Morgan fingerprint density at radius 3 is 1.02 bits per heavy atom. The summed E-state index contributed by atoms with van der Waals surface area (Å²) in [6.45, 7) is 4.58. The molecule has 0 saturated heterocycles. The van der Waals surface area contributed by atoms with Gasteiger partial charge in [-0.15, -0.1) is 0 Å². The van der Waals surface area contributed by atoms with Crippen LogP contribution in [-0.4, -0.2) is 32.1 Å². The van der Waals surface area contributed by atoms with E-state index in [-0.39, 0.29) is 0 Å². The second kappa shape index (κ2) is 12.3. The molecule has 0 saturated carbocycles. The molecule has 0 N–H and O–H groups in total. The lowest BCUT2D eigenvalue weighted by molar-refractivity contribution is 0.328. The predicted molar refractivity (Wildman–Crippen MR) is 177 cm³/mol. The Morgan fingerprint density at radius 1 is 0.425 bits per heavy atom. The van der Waals surface area contributed by atoms with Crippen LogP contribution in [0.4, 0.5) is 0 Å². The Kier molecular flexibility index (Phi) is 8.59. The van der Waals surface area contributed by atoms with Gasteiger partial charge in [0.2, 0.25) is 8.32 Å². The van der Waals surface area contributed by atoms with Gasteiger partial charge in [-0.25, -0.2) is 0 Å². The highest BCUT2D eigenvalue weighted by molar-refractivity contribution is 7.15. The van der Waals surface area contributed by atoms with Crippen LogP contribution in [0.15, 0.2) is 163 Å². The molecule has 5 rings (SSSR count). The van der Waals surface area contributed by atoms with Crippen molar-refractivity contribution in [2.24, 2.45) is 0 Å². The molecule has 0 unspecified atom stereocenters. The second-order valence-electron chi connectivity index (χ2n) is 10.5. The topological polar surface area (TPSA) is 18.5 Å². The molecule has 5 aromatic rings. The van der Waals surface area contributed by atoms with E-state index in [2.05, 4.69) is 164 Å². The Balaban J connectivity index is 1.66. The zero-order valence-corrected chi connectivity index (χ0v) is 26.4. The molecule has 0 fully saturated rings. The third kappa shape index (κ3) is 5.66. The number of hydrogen-bond donors (Lipinski definition) is 0. The fourth-order valence-electron chi connectivity index (χ4n) is 5.50. The molecule has 0 bridgehead atoms. The van der Waals surface area contributed by atoms with E-state index in [9.17, 15) is 0 Å². The summed E-state index contributed by atoms with van der Waals surface area (Å²) in [5, 5.41) is 6.31. The smallest absolute Gasteiger partial charge is 0.396 e. The molecule has 0 spiro atoms. The quantitative estimate of drug-likeness (QED) is 0.175. The van der Waals surface area contributed by atoms with Crippen molar-refractivity contribution in [1.82, 2.24) is 0 Å². The molecule has 5 heteroatoms. The largest absolute Gasteiger partial charge is 0.426 e. The number of hydrogen-bond acceptors (Lipinski definition) is 2. The third-order valence-corrected chi connectivity index (χ3v) is 19.1. The van der Waals surface area contributed by atoms with Crippen molar-refractivity contribution >= 4 is 50.9 Å². The van der Waals surface area contributed by atoms with Gasteiger partial charge in [0.05, 0.1) is 0 Å². The summed E-state index contributed by atoms with van der Waals surface area (Å²) < 4.78 is 13.8. The van der Waals surface area contributed by atoms with E-state index in [0.717, 1.165) is 10.4 Å². The van der Waals surface area contributed by atoms with Crippen molar-refractivity contribution in [2.45, 2.75) is 13.1 Å². The molecular formula is C35H36O2Si3. The summed E-state index contributed by atoms with van der Waals surface area (Å²) in [6, 6.07) is 53.9. The van der Waals surface area contributed by atoms with Gasteiger partial charge in [0.1, 0.15) is 0 Å². The zero-order chi connectivity index (χ0) is 27.9. The van der Waals surface area contributed by atoms with Gasteiger partial charge in [0.25, 0.3) is 0 Å². The van der Waals surface area contributed by atoms with Gasteiger partial charge in [0, 0.05) is 7.11 Å². The summed E-state index contributed by atoms with van der Waals surface area (Å²) in [5.74, 6) is 0. The fourth-order valence-corrected chi connectivity index (χ4v) is 18.4. The summed E-state index contributed by atoms with van der Waals surface area (Å²) in [4.78, 5) is 0. The van der Waals surface area contributed by atoms with Crippen LogP contribution in [0, 0.1) is 0 Å². The molecule has 0 aromatic heterocycles. The standard InChI is InChI=1S/C35H36O2Si3/c1-36-40(34-25-15-7-16-26-34,35-27-17-8-18-28-35)37-38(2,3)29-30-39(31-19-9-4-10-20-31,32-21-11-5-12-22-32)33-23-13-6-14-24-33/h4-30H,1-3H3. The molecule has 0 amide bonds. The van der Waals surface area contributed by atoms with Gasteiger partial charge < -0.3 is 8.54 Å². The van der Waals surface area contributed by atoms with Gasteiger partial charge in [-0.3, -0.25) is 0 Å². The van der Waals surface area contributed by atoms with Crippen LogP contribution in [-0.2, 0) is 8.54 Å². The number of rotatable bonds is 10. The van der Waals surface area contributed by atoms with E-state index < -0.39 is 25.0 Å². The van der Waals surface area contributed by atoms with Crippen LogP contribution in [0.1, 0.15) is 0 Å². The monoisotopic (exact) mass is 572 g/mol. The first-order valence-electron chi connectivity index (χ1n) is 13.7. The Morgan fingerprint density at radius 2 is 0.725 bits per heavy atom. The highest BCUT2D eigenvalue weighted by Gasteiger charge is 2.46. The first kappa shape index (κ1) is 28.0. The van der Waals surface area contributed by atoms with E-state index in [4.69, 9.17) is 8.54 Å². The minimum Gasteiger partial charge on any atom is -0.426 e. The molecule has 200 valence electrons. The van der Waals surface area contributed by atoms with Crippen LogP contribution < -0.4 is 25.9 Å². The first-order chi connectivity index (χ1) is 19.5. The lowest BCUT2D eigenvalue weighted by atomic mass is 10.3. The minimum absolute atomic E-state index is 1.12. The summed E-state index contributed by atoms with van der Waals surface area (Å²) in [6.07, 6.45) is 0. The predicted octanol–water partition coefficient (Wildman–Crippen LogP) is 4.92. The van der Waals surface area contributed by atoms with E-state index in [1.807, 2.05) is 12.1 Å². The van der Waals surface area contributed by atoms with Crippen molar-refractivity contribution in [3.8, 4) is 0 Å². The van der Waals surface area contributed by atoms with Gasteiger partial charge in [-0.05, 0) is 39.0 Å². The van der Waals surface area contributed by atoms with Crippen LogP contribution in [0.3, 0.4) is 0 Å². The molecular weight excluding hydrogens is 537 g/mol. The second-order valence-corrected chi connectivity index (χ2v) is 21.3. The summed E-state index contributed by atoms with van der Waals surface area (Å²) in [5.41, 5.74) is 4.93. The molecule has 0 aliphatic heterocycles. The van der Waals surface area contributed by atoms with Crippen LogP contribution >= 0.6 is 0 Å². The van der Waals surface area contributed by atoms with Gasteiger partial charge in [-0.1, -0.05) is 163 Å². The van der Waals surface area contributed by atoms with E-state index in [0.29, 0.717) is 0 Å². The molecule has 0 aliphatic rings. The normalized spacial score (nSPS) is 12.5. The molecule has 0 radical (unpaired) electrons. The van der Waals surface area contributed by atoms with Crippen molar-refractivity contribution in [2.75, 3.05) is 7.11 Å². The zero-order valence-electron chi connectivity index (χ0n) is 23.4. The number of benzene rings is 5. The maximum Gasteiger partial charge on any atom is 0.396 e. The molecule has 5 aromatic carbocycles. The lowest BCUT2D eigenvalue weighted by Crippen LogP contribution is -2.67. The Bertz CT molecular complexity index is 1370. The van der Waals surface area contributed by atoms with Crippen LogP contribution in [0.2, 0.25) is 13.1 Å². The SMILES string of the molecule is CO[Si](O[Si](C)(C)C=C[Si](c1ccccc1)(c1ccccc1)c1ccccc1)(c1ccccc1)c1ccccc1. The minimum atomic E-state index is -2.97. The van der Waals surface area contributed by atoms with Gasteiger partial charge >= 0.3 is 8.56 Å². The van der Waals surface area contributed by atoms with Gasteiger partial charge in [0.15, 0.2) is 8.07 Å². The highest BCUT2D eigenvalue weighted by atomic mass is 28.4.